The highest BCUT2D eigenvalue weighted by Crippen LogP contribution is 2.36. The molecule has 0 saturated heterocycles. The van der Waals surface area contributed by atoms with Gasteiger partial charge in [-0.25, -0.2) is 4.79 Å². The van der Waals surface area contributed by atoms with Crippen LogP contribution in [0.2, 0.25) is 0 Å². The summed E-state index contributed by atoms with van der Waals surface area (Å²) < 4.78 is 0. The van der Waals surface area contributed by atoms with E-state index in [2.05, 4.69) is 20.5 Å². The second-order valence-corrected chi connectivity index (χ2v) is 5.24. The van der Waals surface area contributed by atoms with Gasteiger partial charge in [0.2, 0.25) is 0 Å². The summed E-state index contributed by atoms with van der Waals surface area (Å²) >= 11 is 0. The van der Waals surface area contributed by atoms with Crippen LogP contribution in [-0.2, 0) is 0 Å². The van der Waals surface area contributed by atoms with E-state index in [0.717, 1.165) is 0 Å². The summed E-state index contributed by atoms with van der Waals surface area (Å²) in [5.74, 6) is -1.77. The third kappa shape index (κ3) is 4.15. The zero-order valence-electron chi connectivity index (χ0n) is 13.5. The Morgan fingerprint density at radius 2 is 1.19 bits per heavy atom. The minimum atomic E-state index is -1.30. The molecule has 0 bridgehead atoms. The van der Waals surface area contributed by atoms with Gasteiger partial charge in [0, 0.05) is 0 Å². The average Bonchev–Trinajstić information content (AvgIpc) is 2.67. The number of rotatable bonds is 5. The van der Waals surface area contributed by atoms with Gasteiger partial charge in [-0.2, -0.15) is 15.3 Å². The minimum Gasteiger partial charge on any atom is -0.505 e. The summed E-state index contributed by atoms with van der Waals surface area (Å²) in [4.78, 5) is 11.4. The van der Waals surface area contributed by atoms with Crippen LogP contribution in [0.1, 0.15) is 10.4 Å². The lowest BCUT2D eigenvalue weighted by Gasteiger charge is -2.04. The number of benzene rings is 3. The number of nitrogens with zero attached hydrogens (tertiary/aromatic N) is 4. The fourth-order valence-corrected chi connectivity index (χ4v) is 2.12. The third-order valence-corrected chi connectivity index (χ3v) is 3.37. The molecule has 7 nitrogen and oxygen atoms in total. The van der Waals surface area contributed by atoms with E-state index in [9.17, 15) is 15.0 Å². The molecule has 0 amide bonds. The van der Waals surface area contributed by atoms with Crippen molar-refractivity contribution in [1.82, 2.24) is 0 Å². The van der Waals surface area contributed by atoms with E-state index < -0.39 is 11.7 Å². The van der Waals surface area contributed by atoms with Gasteiger partial charge in [-0.3, -0.25) is 0 Å². The highest BCUT2D eigenvalue weighted by molar-refractivity contribution is 5.94. The van der Waals surface area contributed by atoms with Gasteiger partial charge < -0.3 is 10.2 Å². The van der Waals surface area contributed by atoms with Crippen molar-refractivity contribution in [2.45, 2.75) is 0 Å². The van der Waals surface area contributed by atoms with Crippen LogP contribution in [0.5, 0.6) is 5.75 Å². The normalized spacial score (nSPS) is 11.2. The summed E-state index contributed by atoms with van der Waals surface area (Å²) in [6, 6.07) is 20.5. The van der Waals surface area contributed by atoms with E-state index in [0.29, 0.717) is 11.4 Å². The molecule has 0 unspecified atom stereocenters. The van der Waals surface area contributed by atoms with Crippen molar-refractivity contribution in [3.63, 3.8) is 0 Å². The number of aromatic hydroxyl groups is 1. The molecule has 0 aromatic heterocycles. The number of carboxylic acid groups (broad SMARTS) is 1. The fourth-order valence-electron chi connectivity index (χ4n) is 2.12. The summed E-state index contributed by atoms with van der Waals surface area (Å²) in [7, 11) is 0. The largest absolute Gasteiger partial charge is 0.505 e. The average molecular weight is 346 g/mol. The Hall–Kier alpha value is -3.87. The lowest BCUT2D eigenvalue weighted by Crippen LogP contribution is -1.96. The van der Waals surface area contributed by atoms with Crippen molar-refractivity contribution in [1.29, 1.82) is 0 Å². The van der Waals surface area contributed by atoms with E-state index in [4.69, 9.17) is 0 Å². The highest BCUT2D eigenvalue weighted by atomic mass is 16.4. The number of carboxylic acids is 1. The first-order valence-electron chi connectivity index (χ1n) is 7.67. The molecule has 0 aliphatic carbocycles. The zero-order chi connectivity index (χ0) is 18.4. The molecule has 3 rings (SSSR count). The second-order valence-electron chi connectivity index (χ2n) is 5.24. The molecule has 0 radical (unpaired) electrons. The maximum Gasteiger partial charge on any atom is 0.339 e. The van der Waals surface area contributed by atoms with E-state index in [1.807, 2.05) is 24.3 Å². The van der Waals surface area contributed by atoms with Crippen LogP contribution in [-0.4, -0.2) is 16.2 Å². The summed E-state index contributed by atoms with van der Waals surface area (Å²) in [5, 5.41) is 35.4. The monoisotopic (exact) mass is 346 g/mol. The quantitative estimate of drug-likeness (QED) is 0.560. The Balaban J connectivity index is 1.98. The molecular weight excluding hydrogens is 332 g/mol. The molecule has 0 spiro atoms. The molecule has 26 heavy (non-hydrogen) atoms. The van der Waals surface area contributed by atoms with Gasteiger partial charge in [-0.05, 0) is 36.4 Å². The first-order chi connectivity index (χ1) is 12.6. The van der Waals surface area contributed by atoms with Crippen molar-refractivity contribution in [2.24, 2.45) is 20.5 Å². The van der Waals surface area contributed by atoms with Crippen molar-refractivity contribution < 1.29 is 15.0 Å². The molecule has 7 heteroatoms. The van der Waals surface area contributed by atoms with Gasteiger partial charge >= 0.3 is 5.97 Å². The smallest absolute Gasteiger partial charge is 0.339 e. The molecule has 0 aliphatic rings. The molecular formula is C19H14N4O3. The van der Waals surface area contributed by atoms with Crippen LogP contribution in [0.3, 0.4) is 0 Å². The molecule has 0 saturated carbocycles. The van der Waals surface area contributed by atoms with Crippen molar-refractivity contribution in [2.75, 3.05) is 0 Å². The lowest BCUT2D eigenvalue weighted by atomic mass is 10.1. The molecule has 128 valence electrons. The van der Waals surface area contributed by atoms with Gasteiger partial charge in [0.05, 0.1) is 17.1 Å². The fraction of sp³-hybridized carbons (Fsp3) is 0. The van der Waals surface area contributed by atoms with Gasteiger partial charge in [0.15, 0.2) is 5.75 Å². The zero-order valence-corrected chi connectivity index (χ0v) is 13.5. The number of carbonyl (C=O) groups is 1. The van der Waals surface area contributed by atoms with Crippen LogP contribution in [0.15, 0.2) is 93.3 Å². The van der Waals surface area contributed by atoms with Gasteiger partial charge in [0.1, 0.15) is 11.3 Å². The molecule has 3 aromatic carbocycles. The van der Waals surface area contributed by atoms with Gasteiger partial charge in [-0.15, -0.1) is 5.11 Å². The number of azo groups is 2. The number of aromatic carboxylic acids is 1. The number of phenols is 1. The standard InChI is InChI=1S/C19H14N4O3/c24-18-16(19(25)26)11-15(22-20-13-7-3-1-4-8-13)12-17(18)23-21-14-9-5-2-6-10-14/h1-12,24H,(H,25,26). The summed E-state index contributed by atoms with van der Waals surface area (Å²) in [6.07, 6.45) is 0. The van der Waals surface area contributed by atoms with Crippen molar-refractivity contribution >= 4 is 28.7 Å². The topological polar surface area (TPSA) is 107 Å². The molecule has 3 aromatic rings. The van der Waals surface area contributed by atoms with Gasteiger partial charge in [-0.1, -0.05) is 36.4 Å². The van der Waals surface area contributed by atoms with Crippen molar-refractivity contribution in [3.8, 4) is 5.75 Å². The Morgan fingerprint density at radius 3 is 1.73 bits per heavy atom. The number of hydrogen-bond acceptors (Lipinski definition) is 6. The van der Waals surface area contributed by atoms with Crippen LogP contribution >= 0.6 is 0 Å². The first kappa shape index (κ1) is 17.0. The minimum absolute atomic E-state index is 0.00392. The van der Waals surface area contributed by atoms with Gasteiger partial charge in [0.25, 0.3) is 0 Å². The summed E-state index contributed by atoms with van der Waals surface area (Å²) in [6.45, 7) is 0. The highest BCUT2D eigenvalue weighted by Gasteiger charge is 2.16. The molecule has 0 fully saturated rings. The molecule has 2 N–H and O–H groups in total. The second kappa shape index (κ2) is 7.80. The Labute approximate surface area is 149 Å². The Bertz CT molecular complexity index is 971. The number of hydrogen-bond donors (Lipinski definition) is 2. The molecule has 0 aliphatic heterocycles. The molecule has 0 heterocycles. The predicted molar refractivity (Wildman–Crippen MR) is 96.3 cm³/mol. The van der Waals surface area contributed by atoms with Crippen LogP contribution in [0, 0.1) is 0 Å². The first-order valence-corrected chi connectivity index (χ1v) is 7.67. The summed E-state index contributed by atoms with van der Waals surface area (Å²) in [5.41, 5.74) is 1.10. The Kier molecular flexibility index (Phi) is 5.09. The van der Waals surface area contributed by atoms with E-state index in [1.165, 1.54) is 12.1 Å². The Morgan fingerprint density at radius 1 is 0.692 bits per heavy atom. The molecule has 0 atom stereocenters. The van der Waals surface area contributed by atoms with E-state index >= 15 is 0 Å². The lowest BCUT2D eigenvalue weighted by molar-refractivity contribution is 0.0694. The SMILES string of the molecule is O=C(O)c1cc(N=Nc2ccccc2)cc(N=Nc2ccccc2)c1O. The van der Waals surface area contributed by atoms with Crippen LogP contribution in [0.4, 0.5) is 22.7 Å². The maximum atomic E-state index is 11.4. The van der Waals surface area contributed by atoms with E-state index in [1.54, 1.807) is 36.4 Å². The van der Waals surface area contributed by atoms with E-state index in [-0.39, 0.29) is 16.9 Å². The van der Waals surface area contributed by atoms with Crippen LogP contribution in [0.25, 0.3) is 0 Å². The van der Waals surface area contributed by atoms with Crippen LogP contribution < -0.4 is 0 Å². The van der Waals surface area contributed by atoms with Crippen molar-refractivity contribution in [3.05, 3.63) is 78.4 Å². The maximum absolute atomic E-state index is 11.4. The predicted octanol–water partition coefficient (Wildman–Crippen LogP) is 5.92. The third-order valence-electron chi connectivity index (χ3n) is 3.37.